The summed E-state index contributed by atoms with van der Waals surface area (Å²) in [6.45, 7) is 18.0. The van der Waals surface area contributed by atoms with Crippen LogP contribution in [0.3, 0.4) is 0 Å². The van der Waals surface area contributed by atoms with E-state index in [2.05, 4.69) is 58.2 Å². The molecule has 168 valence electrons. The number of guanidine groups is 1. The topological polar surface area (TPSA) is 68.3 Å². The van der Waals surface area contributed by atoms with E-state index in [4.69, 9.17) is 14.7 Å². The number of ether oxygens (including phenoxy) is 1. The van der Waals surface area contributed by atoms with Crippen LogP contribution in [0.5, 0.6) is 0 Å². The number of likely N-dealkylation sites (N-methyl/N-ethyl adjacent to an activating group) is 1. The SMILES string of the molecule is CCNC(=NCc1ccc(N2CCN(CC)CC2)nc1)NCC(C)N1CCOCC1. The third-order valence-corrected chi connectivity index (χ3v) is 5.95. The van der Waals surface area contributed by atoms with Crippen LogP contribution >= 0.6 is 0 Å². The summed E-state index contributed by atoms with van der Waals surface area (Å²) in [7, 11) is 0. The van der Waals surface area contributed by atoms with Gasteiger partial charge in [0.2, 0.25) is 0 Å². The summed E-state index contributed by atoms with van der Waals surface area (Å²) in [4.78, 5) is 16.8. The third-order valence-electron chi connectivity index (χ3n) is 5.95. The molecule has 2 aliphatic rings. The second-order valence-corrected chi connectivity index (χ2v) is 8.02. The van der Waals surface area contributed by atoms with Gasteiger partial charge in [-0.05, 0) is 32.0 Å². The first-order valence-electron chi connectivity index (χ1n) is 11.5. The van der Waals surface area contributed by atoms with E-state index in [1.165, 1.54) is 0 Å². The summed E-state index contributed by atoms with van der Waals surface area (Å²) in [6, 6.07) is 4.73. The molecule has 2 saturated heterocycles. The third kappa shape index (κ3) is 6.82. The lowest BCUT2D eigenvalue weighted by molar-refractivity contribution is 0.0211. The van der Waals surface area contributed by atoms with Crippen molar-refractivity contribution in [2.75, 3.05) is 77.0 Å². The van der Waals surface area contributed by atoms with E-state index in [-0.39, 0.29) is 0 Å². The van der Waals surface area contributed by atoms with E-state index < -0.39 is 0 Å². The molecule has 0 bridgehead atoms. The van der Waals surface area contributed by atoms with Gasteiger partial charge in [-0.2, -0.15) is 0 Å². The van der Waals surface area contributed by atoms with Gasteiger partial charge < -0.3 is 25.2 Å². The van der Waals surface area contributed by atoms with Crippen molar-refractivity contribution >= 4 is 11.8 Å². The Bertz CT molecular complexity index is 637. The number of aromatic nitrogens is 1. The Balaban J connectivity index is 1.49. The minimum atomic E-state index is 0.451. The first-order valence-corrected chi connectivity index (χ1v) is 11.5. The summed E-state index contributed by atoms with van der Waals surface area (Å²) < 4.78 is 5.45. The average Bonchev–Trinajstić information content (AvgIpc) is 2.81. The Morgan fingerprint density at radius 3 is 2.50 bits per heavy atom. The summed E-state index contributed by atoms with van der Waals surface area (Å²) in [5.74, 6) is 1.93. The molecule has 0 spiro atoms. The number of nitrogens with one attached hydrogen (secondary N) is 2. The fraction of sp³-hybridized carbons (Fsp3) is 0.727. The molecule has 1 aromatic heterocycles. The van der Waals surface area contributed by atoms with Gasteiger partial charge in [0.15, 0.2) is 5.96 Å². The zero-order valence-corrected chi connectivity index (χ0v) is 18.9. The lowest BCUT2D eigenvalue weighted by Crippen LogP contribution is -2.49. The van der Waals surface area contributed by atoms with Crippen LogP contribution in [0.1, 0.15) is 26.3 Å². The molecule has 0 amide bonds. The number of aliphatic imine (C=N–C) groups is 1. The predicted molar refractivity (Wildman–Crippen MR) is 123 cm³/mol. The first-order chi connectivity index (χ1) is 14.7. The van der Waals surface area contributed by atoms with Crippen molar-refractivity contribution in [2.45, 2.75) is 33.4 Å². The zero-order valence-electron chi connectivity index (χ0n) is 18.9. The maximum atomic E-state index is 5.45. The van der Waals surface area contributed by atoms with E-state index in [9.17, 15) is 0 Å². The van der Waals surface area contributed by atoms with Crippen LogP contribution in [-0.2, 0) is 11.3 Å². The fourth-order valence-electron chi connectivity index (χ4n) is 3.89. The van der Waals surface area contributed by atoms with Crippen LogP contribution in [0.25, 0.3) is 0 Å². The van der Waals surface area contributed by atoms with Crippen molar-refractivity contribution in [1.82, 2.24) is 25.4 Å². The number of piperazine rings is 1. The summed E-state index contributed by atoms with van der Waals surface area (Å²) in [5.41, 5.74) is 1.13. The van der Waals surface area contributed by atoms with Crippen LogP contribution in [-0.4, -0.2) is 98.9 Å². The Morgan fingerprint density at radius 2 is 1.87 bits per heavy atom. The van der Waals surface area contributed by atoms with E-state index >= 15 is 0 Å². The molecule has 3 heterocycles. The molecule has 30 heavy (non-hydrogen) atoms. The monoisotopic (exact) mass is 417 g/mol. The number of morpholine rings is 1. The highest BCUT2D eigenvalue weighted by molar-refractivity contribution is 5.79. The first kappa shape index (κ1) is 22.8. The van der Waals surface area contributed by atoms with Crippen molar-refractivity contribution in [3.63, 3.8) is 0 Å². The molecule has 8 heteroatoms. The van der Waals surface area contributed by atoms with Crippen molar-refractivity contribution in [3.8, 4) is 0 Å². The van der Waals surface area contributed by atoms with Crippen molar-refractivity contribution in [2.24, 2.45) is 4.99 Å². The van der Waals surface area contributed by atoms with Crippen LogP contribution < -0.4 is 15.5 Å². The molecular weight excluding hydrogens is 378 g/mol. The highest BCUT2D eigenvalue weighted by atomic mass is 16.5. The Kier molecular flexibility index (Phi) is 9.17. The molecule has 0 aromatic carbocycles. The number of pyridine rings is 1. The maximum absolute atomic E-state index is 5.45. The highest BCUT2D eigenvalue weighted by Gasteiger charge is 2.18. The van der Waals surface area contributed by atoms with Crippen LogP contribution in [0.15, 0.2) is 23.3 Å². The van der Waals surface area contributed by atoms with Crippen molar-refractivity contribution in [1.29, 1.82) is 0 Å². The minimum Gasteiger partial charge on any atom is -0.379 e. The van der Waals surface area contributed by atoms with Crippen LogP contribution in [0.4, 0.5) is 5.82 Å². The molecule has 2 fully saturated rings. The number of hydrogen-bond donors (Lipinski definition) is 2. The van der Waals surface area contributed by atoms with Crippen LogP contribution in [0, 0.1) is 0 Å². The van der Waals surface area contributed by atoms with Gasteiger partial charge in [-0.25, -0.2) is 9.98 Å². The molecule has 3 rings (SSSR count). The van der Waals surface area contributed by atoms with Gasteiger partial charge in [-0.15, -0.1) is 0 Å². The van der Waals surface area contributed by atoms with Gasteiger partial charge in [0.05, 0.1) is 19.8 Å². The van der Waals surface area contributed by atoms with Gasteiger partial charge in [0.25, 0.3) is 0 Å². The molecule has 0 aliphatic carbocycles. The molecular formula is C22H39N7O. The van der Waals surface area contributed by atoms with Gasteiger partial charge >= 0.3 is 0 Å². The Morgan fingerprint density at radius 1 is 1.10 bits per heavy atom. The molecule has 1 atom stereocenters. The fourth-order valence-corrected chi connectivity index (χ4v) is 3.89. The lowest BCUT2D eigenvalue weighted by Gasteiger charge is -2.34. The molecule has 1 aromatic rings. The lowest BCUT2D eigenvalue weighted by atomic mass is 10.2. The molecule has 0 saturated carbocycles. The summed E-state index contributed by atoms with van der Waals surface area (Å²) in [5, 5.41) is 6.83. The van der Waals surface area contributed by atoms with E-state index in [0.717, 1.165) is 89.5 Å². The minimum absolute atomic E-state index is 0.451. The highest BCUT2D eigenvalue weighted by Crippen LogP contribution is 2.14. The normalized spacial score (nSPS) is 20.2. The van der Waals surface area contributed by atoms with E-state index in [1.807, 2.05) is 6.20 Å². The predicted octanol–water partition coefficient (Wildman–Crippen LogP) is 0.999. The molecule has 2 aliphatic heterocycles. The van der Waals surface area contributed by atoms with Gasteiger partial charge in [0, 0.05) is 64.6 Å². The average molecular weight is 418 g/mol. The van der Waals surface area contributed by atoms with Crippen molar-refractivity contribution < 1.29 is 4.74 Å². The largest absolute Gasteiger partial charge is 0.379 e. The number of hydrogen-bond acceptors (Lipinski definition) is 6. The molecule has 2 N–H and O–H groups in total. The molecule has 0 radical (unpaired) electrons. The Hall–Kier alpha value is -1.90. The molecule has 8 nitrogen and oxygen atoms in total. The second-order valence-electron chi connectivity index (χ2n) is 8.02. The summed E-state index contributed by atoms with van der Waals surface area (Å²) >= 11 is 0. The van der Waals surface area contributed by atoms with Crippen molar-refractivity contribution in [3.05, 3.63) is 23.9 Å². The van der Waals surface area contributed by atoms with Crippen LogP contribution in [0.2, 0.25) is 0 Å². The standard InChI is InChI=1S/C22H39N7O/c1-4-23-22(25-16-19(3)28-12-14-30-15-13-28)26-18-20-6-7-21(24-17-20)29-10-8-27(5-2)9-11-29/h6-7,17,19H,4-5,8-16,18H2,1-3H3,(H2,23,25,26). The number of rotatable bonds is 8. The zero-order chi connectivity index (χ0) is 21.2. The van der Waals surface area contributed by atoms with Gasteiger partial charge in [0.1, 0.15) is 5.82 Å². The van der Waals surface area contributed by atoms with E-state index in [0.29, 0.717) is 12.6 Å². The quantitative estimate of drug-likeness (QED) is 0.483. The number of nitrogens with zero attached hydrogens (tertiary/aromatic N) is 5. The maximum Gasteiger partial charge on any atom is 0.191 e. The smallest absolute Gasteiger partial charge is 0.191 e. The van der Waals surface area contributed by atoms with Gasteiger partial charge in [-0.1, -0.05) is 13.0 Å². The summed E-state index contributed by atoms with van der Waals surface area (Å²) in [6.07, 6.45) is 1.96. The van der Waals surface area contributed by atoms with Gasteiger partial charge in [-0.3, -0.25) is 4.90 Å². The number of anilines is 1. The second kappa shape index (κ2) is 12.1. The molecule has 1 unspecified atom stereocenters. The van der Waals surface area contributed by atoms with E-state index in [1.54, 1.807) is 0 Å². The Labute approximate surface area is 181 Å².